The zero-order valence-corrected chi connectivity index (χ0v) is 12.4. The van der Waals surface area contributed by atoms with E-state index in [1.165, 1.54) is 0 Å². The van der Waals surface area contributed by atoms with E-state index in [-0.39, 0.29) is 0 Å². The van der Waals surface area contributed by atoms with Gasteiger partial charge in [-0.25, -0.2) is 0 Å². The molecule has 0 spiro atoms. The normalized spacial score (nSPS) is 11.2. The number of hydrogen-bond acceptors (Lipinski definition) is 3. The molecule has 0 amide bonds. The van der Waals surface area contributed by atoms with Crippen LogP contribution in [0.1, 0.15) is 25.8 Å². The van der Waals surface area contributed by atoms with Crippen molar-refractivity contribution in [2.45, 2.75) is 27.2 Å². The van der Waals surface area contributed by atoms with Gasteiger partial charge in [0.05, 0.1) is 18.2 Å². The number of benzene rings is 1. The van der Waals surface area contributed by atoms with Crippen molar-refractivity contribution >= 4 is 11.7 Å². The Kier molecular flexibility index (Phi) is 4.81. The Balaban J connectivity index is 2.81. The van der Waals surface area contributed by atoms with Crippen LogP contribution < -0.4 is 9.64 Å². The monoisotopic (exact) mass is 265 g/mol. The number of carbonyl (C=O) groups is 1. The topological polar surface area (TPSA) is 49.8 Å². The Labute approximate surface area is 115 Å². The lowest BCUT2D eigenvalue weighted by atomic mass is 9.89. The molecule has 0 atom stereocenters. The molecule has 0 aliphatic carbocycles. The van der Waals surface area contributed by atoms with E-state index in [2.05, 4.69) is 0 Å². The van der Waals surface area contributed by atoms with Crippen LogP contribution in [0.5, 0.6) is 5.75 Å². The van der Waals surface area contributed by atoms with Crippen molar-refractivity contribution in [1.82, 2.24) is 0 Å². The summed E-state index contributed by atoms with van der Waals surface area (Å²) in [6.45, 7) is 6.18. The standard InChI is InChI=1S/C15H23NO3/c1-11-6-7-13(19-5)12(10-11)16(4)9-8-15(2,3)14(17)18/h6-7,10H,8-9H2,1-5H3,(H,17,18). The molecule has 0 aromatic heterocycles. The maximum atomic E-state index is 11.1. The number of ether oxygens (including phenoxy) is 1. The van der Waals surface area contributed by atoms with E-state index in [9.17, 15) is 4.79 Å². The molecule has 0 saturated heterocycles. The van der Waals surface area contributed by atoms with E-state index in [4.69, 9.17) is 9.84 Å². The molecule has 0 radical (unpaired) electrons. The first-order valence-electron chi connectivity index (χ1n) is 6.37. The summed E-state index contributed by atoms with van der Waals surface area (Å²) >= 11 is 0. The molecule has 1 aromatic carbocycles. The number of carboxylic acids is 1. The third-order valence-electron chi connectivity index (χ3n) is 3.40. The van der Waals surface area contributed by atoms with Gasteiger partial charge in [0, 0.05) is 13.6 Å². The van der Waals surface area contributed by atoms with Crippen LogP contribution in [-0.4, -0.2) is 31.8 Å². The first-order valence-corrected chi connectivity index (χ1v) is 6.37. The van der Waals surface area contributed by atoms with Crippen molar-refractivity contribution in [3.63, 3.8) is 0 Å². The van der Waals surface area contributed by atoms with Crippen molar-refractivity contribution in [3.05, 3.63) is 23.8 Å². The predicted molar refractivity (Wildman–Crippen MR) is 77.0 cm³/mol. The number of rotatable bonds is 6. The molecule has 0 aliphatic rings. The Morgan fingerprint density at radius 2 is 2.05 bits per heavy atom. The fourth-order valence-corrected chi connectivity index (χ4v) is 1.77. The molecular weight excluding hydrogens is 242 g/mol. The molecule has 4 nitrogen and oxygen atoms in total. The highest BCUT2D eigenvalue weighted by atomic mass is 16.5. The third kappa shape index (κ3) is 3.88. The van der Waals surface area contributed by atoms with Crippen LogP contribution >= 0.6 is 0 Å². The van der Waals surface area contributed by atoms with Gasteiger partial charge in [-0.1, -0.05) is 6.07 Å². The van der Waals surface area contributed by atoms with Gasteiger partial charge in [0.1, 0.15) is 5.75 Å². The number of hydrogen-bond donors (Lipinski definition) is 1. The zero-order chi connectivity index (χ0) is 14.6. The SMILES string of the molecule is COc1ccc(C)cc1N(C)CCC(C)(C)C(=O)O. The minimum Gasteiger partial charge on any atom is -0.495 e. The minimum atomic E-state index is -0.767. The van der Waals surface area contributed by atoms with E-state index in [0.29, 0.717) is 13.0 Å². The van der Waals surface area contributed by atoms with Crippen molar-refractivity contribution in [1.29, 1.82) is 0 Å². The molecule has 1 aromatic rings. The number of carboxylic acid groups (broad SMARTS) is 1. The van der Waals surface area contributed by atoms with E-state index in [1.807, 2.05) is 37.1 Å². The first kappa shape index (κ1) is 15.3. The lowest BCUT2D eigenvalue weighted by Gasteiger charge is -2.26. The summed E-state index contributed by atoms with van der Waals surface area (Å²) < 4.78 is 5.34. The van der Waals surface area contributed by atoms with Gasteiger partial charge in [-0.05, 0) is 44.9 Å². The second kappa shape index (κ2) is 5.95. The van der Waals surface area contributed by atoms with E-state index in [0.717, 1.165) is 17.0 Å². The lowest BCUT2D eigenvalue weighted by molar-refractivity contribution is -0.147. The molecule has 0 heterocycles. The Morgan fingerprint density at radius 3 is 2.58 bits per heavy atom. The van der Waals surface area contributed by atoms with Crippen LogP contribution in [0.15, 0.2) is 18.2 Å². The summed E-state index contributed by atoms with van der Waals surface area (Å²) in [4.78, 5) is 13.1. The molecule has 0 bridgehead atoms. The minimum absolute atomic E-state index is 0.579. The third-order valence-corrected chi connectivity index (χ3v) is 3.40. The molecule has 0 unspecified atom stereocenters. The molecule has 1 N–H and O–H groups in total. The lowest BCUT2D eigenvalue weighted by Crippen LogP contribution is -2.30. The van der Waals surface area contributed by atoms with Crippen LogP contribution in [0.3, 0.4) is 0 Å². The largest absolute Gasteiger partial charge is 0.495 e. The number of methoxy groups -OCH3 is 1. The Morgan fingerprint density at radius 1 is 1.42 bits per heavy atom. The van der Waals surface area contributed by atoms with Crippen LogP contribution in [0.4, 0.5) is 5.69 Å². The molecule has 19 heavy (non-hydrogen) atoms. The average molecular weight is 265 g/mol. The van der Waals surface area contributed by atoms with Gasteiger partial charge < -0.3 is 14.7 Å². The second-order valence-electron chi connectivity index (χ2n) is 5.54. The maximum Gasteiger partial charge on any atom is 0.309 e. The van der Waals surface area contributed by atoms with Gasteiger partial charge in [-0.3, -0.25) is 4.79 Å². The number of aliphatic carboxylic acids is 1. The zero-order valence-electron chi connectivity index (χ0n) is 12.4. The van der Waals surface area contributed by atoms with Gasteiger partial charge >= 0.3 is 5.97 Å². The highest BCUT2D eigenvalue weighted by molar-refractivity contribution is 5.73. The van der Waals surface area contributed by atoms with Gasteiger partial charge in [0.2, 0.25) is 0 Å². The van der Waals surface area contributed by atoms with Gasteiger partial charge in [-0.2, -0.15) is 0 Å². The summed E-state index contributed by atoms with van der Waals surface area (Å²) in [5.74, 6) is 0.0401. The molecule has 0 saturated carbocycles. The van der Waals surface area contributed by atoms with Crippen molar-refractivity contribution in [2.75, 3.05) is 25.6 Å². The van der Waals surface area contributed by atoms with Crippen molar-refractivity contribution in [3.8, 4) is 5.75 Å². The fourth-order valence-electron chi connectivity index (χ4n) is 1.77. The summed E-state index contributed by atoms with van der Waals surface area (Å²) in [6, 6.07) is 5.98. The predicted octanol–water partition coefficient (Wildman–Crippen LogP) is 2.94. The Bertz CT molecular complexity index is 455. The van der Waals surface area contributed by atoms with Crippen LogP contribution in [0, 0.1) is 12.3 Å². The Hall–Kier alpha value is -1.71. The second-order valence-corrected chi connectivity index (χ2v) is 5.54. The van der Waals surface area contributed by atoms with Gasteiger partial charge in [-0.15, -0.1) is 0 Å². The molecule has 106 valence electrons. The summed E-state index contributed by atoms with van der Waals surface area (Å²) in [7, 11) is 3.60. The van der Waals surface area contributed by atoms with E-state index in [1.54, 1.807) is 21.0 Å². The average Bonchev–Trinajstić information content (AvgIpc) is 2.35. The molecule has 0 aliphatic heterocycles. The first-order chi connectivity index (χ1) is 8.77. The molecular formula is C15H23NO3. The maximum absolute atomic E-state index is 11.1. The van der Waals surface area contributed by atoms with Crippen LogP contribution in [-0.2, 0) is 4.79 Å². The number of aryl methyl sites for hydroxylation is 1. The van der Waals surface area contributed by atoms with Gasteiger partial charge in [0.25, 0.3) is 0 Å². The van der Waals surface area contributed by atoms with E-state index < -0.39 is 11.4 Å². The molecule has 4 heteroatoms. The van der Waals surface area contributed by atoms with Crippen LogP contribution in [0.2, 0.25) is 0 Å². The fraction of sp³-hybridized carbons (Fsp3) is 0.533. The quantitative estimate of drug-likeness (QED) is 0.859. The summed E-state index contributed by atoms with van der Waals surface area (Å²) in [5, 5.41) is 9.13. The number of nitrogens with zero attached hydrogens (tertiary/aromatic N) is 1. The highest BCUT2D eigenvalue weighted by Crippen LogP contribution is 2.30. The smallest absolute Gasteiger partial charge is 0.309 e. The van der Waals surface area contributed by atoms with Crippen LogP contribution in [0.25, 0.3) is 0 Å². The van der Waals surface area contributed by atoms with E-state index >= 15 is 0 Å². The van der Waals surface area contributed by atoms with Gasteiger partial charge in [0.15, 0.2) is 0 Å². The van der Waals surface area contributed by atoms with Crippen molar-refractivity contribution < 1.29 is 14.6 Å². The molecule has 1 rings (SSSR count). The highest BCUT2D eigenvalue weighted by Gasteiger charge is 2.27. The van der Waals surface area contributed by atoms with Crippen molar-refractivity contribution in [2.24, 2.45) is 5.41 Å². The number of anilines is 1. The molecule has 0 fully saturated rings. The summed E-state index contributed by atoms with van der Waals surface area (Å²) in [6.07, 6.45) is 0.579. The summed E-state index contributed by atoms with van der Waals surface area (Å²) in [5.41, 5.74) is 1.43.